The quantitative estimate of drug-likeness (QED) is 0.882. The average molecular weight is 330 g/mol. The number of rotatable bonds is 5. The van der Waals surface area contributed by atoms with E-state index in [-0.39, 0.29) is 6.61 Å². The summed E-state index contributed by atoms with van der Waals surface area (Å²) in [5.41, 5.74) is 3.52. The molecule has 1 saturated heterocycles. The highest BCUT2D eigenvalue weighted by Gasteiger charge is 2.19. The van der Waals surface area contributed by atoms with Gasteiger partial charge in [-0.25, -0.2) is 0 Å². The van der Waals surface area contributed by atoms with Crippen molar-refractivity contribution >= 4 is 5.82 Å². The number of aliphatic hydroxyl groups excluding tert-OH is 1. The van der Waals surface area contributed by atoms with Gasteiger partial charge in [0.2, 0.25) is 0 Å². The van der Waals surface area contributed by atoms with Gasteiger partial charge in [0, 0.05) is 50.2 Å². The number of hydrogen-bond acceptors (Lipinski definition) is 6. The minimum atomic E-state index is 0.123. The molecule has 0 spiro atoms. The second-order valence-corrected chi connectivity index (χ2v) is 6.29. The smallest absolute Gasteiger partial charge is 0.151 e. The number of hydrogen-bond donors (Lipinski definition) is 1. The van der Waals surface area contributed by atoms with E-state index in [1.165, 1.54) is 5.56 Å². The summed E-state index contributed by atoms with van der Waals surface area (Å²) in [5.74, 6) is 0.961. The summed E-state index contributed by atoms with van der Waals surface area (Å²) in [5, 5.41) is 21.9. The Hall–Kier alpha value is -1.99. The first-order valence-corrected chi connectivity index (χ1v) is 8.58. The maximum Gasteiger partial charge on any atom is 0.151 e. The number of nitrogens with zero attached hydrogens (tertiary/aromatic N) is 6. The van der Waals surface area contributed by atoms with Crippen LogP contribution in [0.2, 0.25) is 0 Å². The Bertz CT molecular complexity index is 657. The summed E-state index contributed by atoms with van der Waals surface area (Å²) in [7, 11) is 0. The van der Waals surface area contributed by atoms with E-state index in [2.05, 4.69) is 38.9 Å². The van der Waals surface area contributed by atoms with Gasteiger partial charge in [-0.05, 0) is 32.4 Å². The van der Waals surface area contributed by atoms with Gasteiger partial charge in [-0.1, -0.05) is 0 Å². The van der Waals surface area contributed by atoms with Crippen LogP contribution in [0.5, 0.6) is 0 Å². The zero-order chi connectivity index (χ0) is 16.9. The van der Waals surface area contributed by atoms with Gasteiger partial charge in [0.15, 0.2) is 5.82 Å². The Kier molecular flexibility index (Phi) is 5.42. The second kappa shape index (κ2) is 7.72. The molecule has 1 aliphatic rings. The summed E-state index contributed by atoms with van der Waals surface area (Å²) < 4.78 is 1.91. The largest absolute Gasteiger partial charge is 0.394 e. The molecule has 0 bridgehead atoms. The molecule has 24 heavy (non-hydrogen) atoms. The van der Waals surface area contributed by atoms with Gasteiger partial charge in [0.25, 0.3) is 0 Å². The van der Waals surface area contributed by atoms with E-state index < -0.39 is 0 Å². The number of aromatic nitrogens is 4. The molecule has 2 aromatic rings. The van der Waals surface area contributed by atoms with Crippen molar-refractivity contribution in [2.45, 2.75) is 33.4 Å². The standard InChI is InChI=1S/C17H26N6O/c1-14-16(15(2)23(20-14)11-12-24)13-21-7-4-8-22(10-9-21)17-5-3-6-18-19-17/h3,5-6,24H,4,7-13H2,1-2H3. The first-order valence-electron chi connectivity index (χ1n) is 8.58. The maximum absolute atomic E-state index is 9.15. The predicted octanol–water partition coefficient (Wildman–Crippen LogP) is 0.995. The van der Waals surface area contributed by atoms with Crippen molar-refractivity contribution in [1.29, 1.82) is 0 Å². The molecule has 1 N–H and O–H groups in total. The van der Waals surface area contributed by atoms with Crippen molar-refractivity contribution in [3.8, 4) is 0 Å². The molecule has 3 heterocycles. The molecule has 7 heteroatoms. The molecule has 0 amide bonds. The zero-order valence-corrected chi connectivity index (χ0v) is 14.5. The monoisotopic (exact) mass is 330 g/mol. The molecule has 0 unspecified atom stereocenters. The van der Waals surface area contributed by atoms with Crippen LogP contribution in [0.4, 0.5) is 5.82 Å². The fourth-order valence-electron chi connectivity index (χ4n) is 3.32. The van der Waals surface area contributed by atoms with Gasteiger partial charge in [0.05, 0.1) is 18.8 Å². The van der Waals surface area contributed by atoms with Crippen molar-refractivity contribution in [3.63, 3.8) is 0 Å². The fourth-order valence-corrected chi connectivity index (χ4v) is 3.32. The fraction of sp³-hybridized carbons (Fsp3) is 0.588. The van der Waals surface area contributed by atoms with Crippen LogP contribution in [0.3, 0.4) is 0 Å². The third-order valence-electron chi connectivity index (χ3n) is 4.70. The molecular formula is C17H26N6O. The summed E-state index contributed by atoms with van der Waals surface area (Å²) >= 11 is 0. The zero-order valence-electron chi connectivity index (χ0n) is 14.5. The molecule has 1 aliphatic heterocycles. The molecule has 1 fully saturated rings. The highest BCUT2D eigenvalue weighted by molar-refractivity contribution is 5.36. The van der Waals surface area contributed by atoms with Gasteiger partial charge >= 0.3 is 0 Å². The van der Waals surface area contributed by atoms with Crippen LogP contribution >= 0.6 is 0 Å². The molecule has 0 aliphatic carbocycles. The van der Waals surface area contributed by atoms with Gasteiger partial charge in [-0.3, -0.25) is 9.58 Å². The van der Waals surface area contributed by atoms with Crippen LogP contribution in [0.1, 0.15) is 23.4 Å². The Morgan fingerprint density at radius 1 is 1.17 bits per heavy atom. The molecular weight excluding hydrogens is 304 g/mol. The average Bonchev–Trinajstić information content (AvgIpc) is 2.78. The van der Waals surface area contributed by atoms with E-state index in [1.807, 2.05) is 16.8 Å². The Morgan fingerprint density at radius 3 is 2.79 bits per heavy atom. The number of aryl methyl sites for hydroxylation is 1. The third kappa shape index (κ3) is 3.73. The van der Waals surface area contributed by atoms with Gasteiger partial charge < -0.3 is 10.0 Å². The molecule has 0 saturated carbocycles. The lowest BCUT2D eigenvalue weighted by molar-refractivity contribution is 0.267. The molecule has 0 aromatic carbocycles. The lowest BCUT2D eigenvalue weighted by Crippen LogP contribution is -2.31. The van der Waals surface area contributed by atoms with Crippen molar-refractivity contribution in [1.82, 2.24) is 24.9 Å². The Balaban J connectivity index is 1.65. The minimum absolute atomic E-state index is 0.123. The SMILES string of the molecule is Cc1nn(CCO)c(C)c1CN1CCCN(c2cccnn2)CC1. The lowest BCUT2D eigenvalue weighted by Gasteiger charge is -2.22. The van der Waals surface area contributed by atoms with Crippen LogP contribution < -0.4 is 4.90 Å². The summed E-state index contributed by atoms with van der Waals surface area (Å²) in [6, 6.07) is 3.96. The van der Waals surface area contributed by atoms with Crippen molar-refractivity contribution in [3.05, 3.63) is 35.3 Å². The van der Waals surface area contributed by atoms with Crippen molar-refractivity contribution in [2.75, 3.05) is 37.7 Å². The van der Waals surface area contributed by atoms with Gasteiger partial charge in [-0.2, -0.15) is 10.2 Å². The van der Waals surface area contributed by atoms with Crippen molar-refractivity contribution < 1.29 is 5.11 Å². The van der Waals surface area contributed by atoms with Crippen molar-refractivity contribution in [2.24, 2.45) is 0 Å². The molecule has 2 aromatic heterocycles. The molecule has 3 rings (SSSR count). The van der Waals surface area contributed by atoms with Crippen LogP contribution in [0.25, 0.3) is 0 Å². The highest BCUT2D eigenvalue weighted by atomic mass is 16.3. The van der Waals surface area contributed by atoms with Gasteiger partial charge in [-0.15, -0.1) is 5.10 Å². The number of aliphatic hydroxyl groups is 1. The molecule has 130 valence electrons. The van der Waals surface area contributed by atoms with E-state index >= 15 is 0 Å². The number of anilines is 1. The van der Waals surface area contributed by atoms with Crippen LogP contribution in [0.15, 0.2) is 18.3 Å². The molecule has 0 radical (unpaired) electrons. The van der Waals surface area contributed by atoms with Gasteiger partial charge in [0.1, 0.15) is 0 Å². The third-order valence-corrected chi connectivity index (χ3v) is 4.70. The van der Waals surface area contributed by atoms with Crippen LogP contribution in [0, 0.1) is 13.8 Å². The highest BCUT2D eigenvalue weighted by Crippen LogP contribution is 2.18. The summed E-state index contributed by atoms with van der Waals surface area (Å²) in [4.78, 5) is 4.79. The molecule has 0 atom stereocenters. The Labute approximate surface area is 142 Å². The van der Waals surface area contributed by atoms with Crippen LogP contribution in [-0.4, -0.2) is 62.8 Å². The van der Waals surface area contributed by atoms with E-state index in [9.17, 15) is 0 Å². The second-order valence-electron chi connectivity index (χ2n) is 6.29. The lowest BCUT2D eigenvalue weighted by atomic mass is 10.2. The summed E-state index contributed by atoms with van der Waals surface area (Å²) in [6.45, 7) is 9.79. The first kappa shape index (κ1) is 16.9. The Morgan fingerprint density at radius 2 is 2.04 bits per heavy atom. The molecule has 7 nitrogen and oxygen atoms in total. The van der Waals surface area contributed by atoms with Crippen LogP contribution in [-0.2, 0) is 13.1 Å². The normalized spacial score (nSPS) is 16.4. The topological polar surface area (TPSA) is 70.3 Å². The van der Waals surface area contributed by atoms with E-state index in [0.29, 0.717) is 6.54 Å². The van der Waals surface area contributed by atoms with E-state index in [1.54, 1.807) is 6.20 Å². The van der Waals surface area contributed by atoms with E-state index in [4.69, 9.17) is 5.11 Å². The predicted molar refractivity (Wildman–Crippen MR) is 92.9 cm³/mol. The maximum atomic E-state index is 9.15. The summed E-state index contributed by atoms with van der Waals surface area (Å²) in [6.07, 6.45) is 2.82. The first-order chi connectivity index (χ1) is 11.7. The van der Waals surface area contributed by atoms with E-state index in [0.717, 1.165) is 56.4 Å². The minimum Gasteiger partial charge on any atom is -0.394 e.